The van der Waals surface area contributed by atoms with Crippen molar-refractivity contribution in [3.05, 3.63) is 42.5 Å². The maximum atomic E-state index is 12.2. The number of amides is 2. The molecular weight excluding hydrogens is 348 g/mol. The number of carbonyl (C=O) groups excluding carboxylic acids is 2. The molecule has 2 rings (SSSR count). The molecule has 0 saturated heterocycles. The fraction of sp³-hybridized carbons (Fsp3) is 0.300. The van der Waals surface area contributed by atoms with Crippen molar-refractivity contribution >= 4 is 23.2 Å². The molecule has 0 aliphatic heterocycles. The lowest BCUT2D eigenvalue weighted by Crippen LogP contribution is -2.20. The fourth-order valence-electron chi connectivity index (χ4n) is 2.27. The van der Waals surface area contributed by atoms with Crippen LogP contribution in [0.15, 0.2) is 42.5 Å². The predicted molar refractivity (Wildman–Crippen MR) is 104 cm³/mol. The van der Waals surface area contributed by atoms with Crippen molar-refractivity contribution in [2.45, 2.75) is 20.3 Å². The van der Waals surface area contributed by atoms with E-state index in [4.69, 9.17) is 14.2 Å². The van der Waals surface area contributed by atoms with E-state index >= 15 is 0 Å². The summed E-state index contributed by atoms with van der Waals surface area (Å²) in [5.41, 5.74) is 1.00. The molecule has 0 fully saturated rings. The van der Waals surface area contributed by atoms with Crippen LogP contribution in [0, 0.1) is 0 Å². The molecule has 2 N–H and O–H groups in total. The number of nitrogens with one attached hydrogen (secondary N) is 2. The van der Waals surface area contributed by atoms with Crippen LogP contribution in [0.3, 0.4) is 0 Å². The maximum Gasteiger partial charge on any atom is 0.262 e. The highest BCUT2D eigenvalue weighted by atomic mass is 16.5. The van der Waals surface area contributed by atoms with E-state index in [-0.39, 0.29) is 18.4 Å². The molecule has 7 nitrogen and oxygen atoms in total. The van der Waals surface area contributed by atoms with Gasteiger partial charge in [0.25, 0.3) is 5.91 Å². The fourth-order valence-corrected chi connectivity index (χ4v) is 2.27. The number of hydrogen-bond acceptors (Lipinski definition) is 5. The Hall–Kier alpha value is -3.22. The molecule has 0 aromatic heterocycles. The van der Waals surface area contributed by atoms with Crippen LogP contribution in [-0.4, -0.2) is 32.1 Å². The summed E-state index contributed by atoms with van der Waals surface area (Å²) in [4.78, 5) is 23.4. The molecule has 2 amide bonds. The first-order valence-electron chi connectivity index (χ1n) is 8.63. The van der Waals surface area contributed by atoms with Crippen LogP contribution in [0.4, 0.5) is 11.4 Å². The lowest BCUT2D eigenvalue weighted by molar-refractivity contribution is -0.118. The van der Waals surface area contributed by atoms with Crippen LogP contribution in [0.1, 0.15) is 20.3 Å². The number of hydrogen-bond donors (Lipinski definition) is 2. The topological polar surface area (TPSA) is 85.9 Å². The minimum Gasteiger partial charge on any atom is -0.495 e. The second-order valence-electron chi connectivity index (χ2n) is 5.75. The van der Waals surface area contributed by atoms with Gasteiger partial charge in [-0.3, -0.25) is 9.59 Å². The third kappa shape index (κ3) is 6.54. The van der Waals surface area contributed by atoms with Gasteiger partial charge in [-0.2, -0.15) is 0 Å². The Bertz CT molecular complexity index is 774. The van der Waals surface area contributed by atoms with Crippen LogP contribution in [0.2, 0.25) is 0 Å². The van der Waals surface area contributed by atoms with Crippen LogP contribution < -0.4 is 24.8 Å². The summed E-state index contributed by atoms with van der Waals surface area (Å²) in [6.45, 7) is 3.94. The zero-order chi connectivity index (χ0) is 19.6. The number of ether oxygens (including phenoxy) is 3. The monoisotopic (exact) mass is 372 g/mol. The van der Waals surface area contributed by atoms with Gasteiger partial charge in [-0.05, 0) is 48.9 Å². The molecule has 2 aromatic rings. The van der Waals surface area contributed by atoms with E-state index in [1.165, 1.54) is 14.0 Å². The Morgan fingerprint density at radius 3 is 2.22 bits per heavy atom. The number of methoxy groups -OCH3 is 1. The van der Waals surface area contributed by atoms with E-state index < -0.39 is 0 Å². The van der Waals surface area contributed by atoms with E-state index in [1.807, 2.05) is 6.92 Å². The standard InChI is InChI=1S/C20H24N2O5/c1-4-11-26-16-6-8-17(9-7-16)27-13-20(24)22-18-12-15(21-14(2)23)5-10-19(18)25-3/h5-10,12H,4,11,13H2,1-3H3,(H,21,23)(H,22,24). The molecule has 27 heavy (non-hydrogen) atoms. The summed E-state index contributed by atoms with van der Waals surface area (Å²) >= 11 is 0. The van der Waals surface area contributed by atoms with Crippen molar-refractivity contribution in [2.75, 3.05) is 31.0 Å². The van der Waals surface area contributed by atoms with Crippen LogP contribution >= 0.6 is 0 Å². The molecule has 0 aliphatic rings. The molecule has 0 heterocycles. The summed E-state index contributed by atoms with van der Waals surface area (Å²) in [6, 6.07) is 12.1. The van der Waals surface area contributed by atoms with Crippen LogP contribution in [0.25, 0.3) is 0 Å². The van der Waals surface area contributed by atoms with Gasteiger partial charge in [0.15, 0.2) is 6.61 Å². The number of anilines is 2. The van der Waals surface area contributed by atoms with E-state index in [0.29, 0.717) is 29.5 Å². The minimum atomic E-state index is -0.348. The van der Waals surface area contributed by atoms with Crippen molar-refractivity contribution in [3.63, 3.8) is 0 Å². The summed E-state index contributed by atoms with van der Waals surface area (Å²) in [5, 5.41) is 5.38. The number of carbonyl (C=O) groups is 2. The molecule has 0 saturated carbocycles. The second kappa shape index (κ2) is 10.1. The van der Waals surface area contributed by atoms with Crippen molar-refractivity contribution < 1.29 is 23.8 Å². The number of rotatable bonds is 9. The zero-order valence-electron chi connectivity index (χ0n) is 15.7. The Balaban J connectivity index is 1.93. The van der Waals surface area contributed by atoms with Gasteiger partial charge in [-0.25, -0.2) is 0 Å². The Labute approximate surface area is 158 Å². The second-order valence-corrected chi connectivity index (χ2v) is 5.75. The minimum absolute atomic E-state index is 0.164. The molecule has 0 aliphatic carbocycles. The largest absolute Gasteiger partial charge is 0.495 e. The molecule has 0 atom stereocenters. The van der Waals surface area contributed by atoms with Crippen molar-refractivity contribution in [2.24, 2.45) is 0 Å². The summed E-state index contributed by atoms with van der Waals surface area (Å²) in [7, 11) is 1.50. The summed E-state index contributed by atoms with van der Waals surface area (Å²) in [6.07, 6.45) is 0.936. The van der Waals surface area contributed by atoms with Gasteiger partial charge in [0.1, 0.15) is 17.2 Å². The molecule has 0 unspecified atom stereocenters. The number of benzene rings is 2. The van der Waals surface area contributed by atoms with E-state index in [2.05, 4.69) is 10.6 Å². The Kier molecular flexibility index (Phi) is 7.49. The predicted octanol–water partition coefficient (Wildman–Crippen LogP) is 3.46. The molecule has 0 bridgehead atoms. The van der Waals surface area contributed by atoms with Gasteiger partial charge in [-0.1, -0.05) is 6.92 Å². The zero-order valence-corrected chi connectivity index (χ0v) is 15.7. The Morgan fingerprint density at radius 2 is 1.63 bits per heavy atom. The lowest BCUT2D eigenvalue weighted by Gasteiger charge is -2.13. The van der Waals surface area contributed by atoms with Crippen LogP contribution in [-0.2, 0) is 9.59 Å². The molecule has 2 aromatic carbocycles. The van der Waals surface area contributed by atoms with Gasteiger partial charge in [0, 0.05) is 12.6 Å². The average molecular weight is 372 g/mol. The quantitative estimate of drug-likeness (QED) is 0.704. The third-order valence-corrected chi connectivity index (χ3v) is 3.46. The SMILES string of the molecule is CCCOc1ccc(OCC(=O)Nc2cc(NC(C)=O)ccc2OC)cc1. The van der Waals surface area contributed by atoms with Crippen molar-refractivity contribution in [1.29, 1.82) is 0 Å². The van der Waals surface area contributed by atoms with Gasteiger partial charge < -0.3 is 24.8 Å². The van der Waals surface area contributed by atoms with Crippen molar-refractivity contribution in [1.82, 2.24) is 0 Å². The van der Waals surface area contributed by atoms with E-state index in [1.54, 1.807) is 42.5 Å². The lowest BCUT2D eigenvalue weighted by atomic mass is 10.2. The molecule has 144 valence electrons. The van der Waals surface area contributed by atoms with Gasteiger partial charge in [0.2, 0.25) is 5.91 Å². The highest BCUT2D eigenvalue weighted by molar-refractivity contribution is 5.95. The highest BCUT2D eigenvalue weighted by Gasteiger charge is 2.10. The first-order chi connectivity index (χ1) is 13.0. The first-order valence-corrected chi connectivity index (χ1v) is 8.63. The Morgan fingerprint density at radius 1 is 0.963 bits per heavy atom. The first kappa shape index (κ1) is 20.1. The average Bonchev–Trinajstić information content (AvgIpc) is 2.65. The summed E-state index contributed by atoms with van der Waals surface area (Å²) < 4.78 is 16.2. The molecule has 7 heteroatoms. The molecule has 0 spiro atoms. The van der Waals surface area contributed by atoms with Gasteiger partial charge in [0.05, 0.1) is 19.4 Å². The normalized spacial score (nSPS) is 10.0. The maximum absolute atomic E-state index is 12.2. The van der Waals surface area contributed by atoms with Gasteiger partial charge >= 0.3 is 0 Å². The summed E-state index contributed by atoms with van der Waals surface area (Å²) in [5.74, 6) is 1.25. The van der Waals surface area contributed by atoms with Gasteiger partial charge in [-0.15, -0.1) is 0 Å². The van der Waals surface area contributed by atoms with Crippen molar-refractivity contribution in [3.8, 4) is 17.2 Å². The van der Waals surface area contributed by atoms with E-state index in [0.717, 1.165) is 12.2 Å². The third-order valence-electron chi connectivity index (χ3n) is 3.46. The van der Waals surface area contributed by atoms with Crippen LogP contribution in [0.5, 0.6) is 17.2 Å². The molecule has 0 radical (unpaired) electrons. The van der Waals surface area contributed by atoms with E-state index in [9.17, 15) is 9.59 Å². The smallest absolute Gasteiger partial charge is 0.262 e. The highest BCUT2D eigenvalue weighted by Crippen LogP contribution is 2.28. The molecular formula is C20H24N2O5.